The van der Waals surface area contributed by atoms with Crippen LogP contribution >= 0.6 is 0 Å². The molecule has 0 aliphatic carbocycles. The van der Waals surface area contributed by atoms with Gasteiger partial charge in [-0.15, -0.1) is 0 Å². The maximum Gasteiger partial charge on any atom is 0.408 e. The zero-order valence-corrected chi connectivity index (χ0v) is 18.9. The van der Waals surface area contributed by atoms with Crippen LogP contribution in [0.15, 0.2) is 24.3 Å². The van der Waals surface area contributed by atoms with Crippen molar-refractivity contribution in [2.75, 3.05) is 19.8 Å². The third kappa shape index (κ3) is 10.2. The average molecular weight is 424 g/mol. The summed E-state index contributed by atoms with van der Waals surface area (Å²) >= 11 is 0. The van der Waals surface area contributed by atoms with E-state index in [1.165, 1.54) is 0 Å². The summed E-state index contributed by atoms with van der Waals surface area (Å²) in [6.45, 7) is 12.6. The summed E-state index contributed by atoms with van der Waals surface area (Å²) in [5.74, 6) is -0.386. The van der Waals surface area contributed by atoms with E-state index in [1.807, 2.05) is 20.8 Å². The van der Waals surface area contributed by atoms with Crippen LogP contribution in [-0.2, 0) is 19.0 Å². The van der Waals surface area contributed by atoms with Gasteiger partial charge in [0.05, 0.1) is 18.8 Å². The van der Waals surface area contributed by atoms with Gasteiger partial charge in [0.2, 0.25) is 0 Å². The molecule has 0 unspecified atom stereocenters. The van der Waals surface area contributed by atoms with Gasteiger partial charge < -0.3 is 24.3 Å². The van der Waals surface area contributed by atoms with Gasteiger partial charge in [0, 0.05) is 5.56 Å². The first-order chi connectivity index (χ1) is 13.8. The molecule has 0 saturated carbocycles. The second-order valence-electron chi connectivity index (χ2n) is 8.60. The summed E-state index contributed by atoms with van der Waals surface area (Å²) in [6.07, 6.45) is -0.701. The molecule has 1 N–H and O–H groups in total. The number of amides is 1. The number of rotatable bonds is 9. The lowest BCUT2D eigenvalue weighted by Gasteiger charge is -2.26. The summed E-state index contributed by atoms with van der Waals surface area (Å²) in [6, 6.07) is 5.33. The maximum absolute atomic E-state index is 13.0. The summed E-state index contributed by atoms with van der Waals surface area (Å²) in [7, 11) is 0. The number of ketones is 1. The lowest BCUT2D eigenvalue weighted by atomic mass is 10.0. The second-order valence-corrected chi connectivity index (χ2v) is 8.60. The van der Waals surface area contributed by atoms with Gasteiger partial charge in [-0.2, -0.15) is 0 Å². The lowest BCUT2D eigenvalue weighted by molar-refractivity contribution is -0.145. The van der Waals surface area contributed by atoms with E-state index in [1.54, 1.807) is 52.0 Å². The fourth-order valence-corrected chi connectivity index (χ4v) is 2.23. The zero-order chi connectivity index (χ0) is 22.9. The first-order valence-electron chi connectivity index (χ1n) is 9.87. The van der Waals surface area contributed by atoms with Crippen LogP contribution in [0.1, 0.15) is 58.8 Å². The fourth-order valence-electron chi connectivity index (χ4n) is 2.23. The minimum absolute atomic E-state index is 0.0112. The molecule has 0 aliphatic rings. The molecule has 0 radical (unpaired) electrons. The smallest absolute Gasteiger partial charge is 0.408 e. The van der Waals surface area contributed by atoms with Crippen LogP contribution in [0.2, 0.25) is 0 Å². The lowest BCUT2D eigenvalue weighted by Crippen LogP contribution is -2.47. The monoisotopic (exact) mass is 423 g/mol. The van der Waals surface area contributed by atoms with E-state index in [0.29, 0.717) is 11.3 Å². The largest absolute Gasteiger partial charge is 0.482 e. The van der Waals surface area contributed by atoms with Crippen molar-refractivity contribution in [2.24, 2.45) is 0 Å². The van der Waals surface area contributed by atoms with Crippen molar-refractivity contribution >= 4 is 17.8 Å². The highest BCUT2D eigenvalue weighted by Gasteiger charge is 2.27. The molecule has 1 atom stereocenters. The molecule has 1 rings (SSSR count). The van der Waals surface area contributed by atoms with E-state index < -0.39 is 29.3 Å². The van der Waals surface area contributed by atoms with Crippen molar-refractivity contribution in [3.8, 4) is 5.75 Å². The van der Waals surface area contributed by atoms with Crippen LogP contribution in [-0.4, -0.2) is 54.9 Å². The van der Waals surface area contributed by atoms with Crippen molar-refractivity contribution in [2.45, 2.75) is 65.7 Å². The Bertz CT molecular complexity index is 714. The van der Waals surface area contributed by atoms with Crippen molar-refractivity contribution in [3.63, 3.8) is 0 Å². The number of benzene rings is 1. The van der Waals surface area contributed by atoms with Crippen LogP contribution in [0.5, 0.6) is 5.75 Å². The topological polar surface area (TPSA) is 100 Å². The summed E-state index contributed by atoms with van der Waals surface area (Å²) < 4.78 is 21.1. The van der Waals surface area contributed by atoms with E-state index in [0.717, 1.165) is 0 Å². The number of Topliss-reactive ketones (excluding diaryl/α,β-unsaturated/α-hetero) is 1. The summed E-state index contributed by atoms with van der Waals surface area (Å²) in [5, 5.41) is 2.59. The van der Waals surface area contributed by atoms with Gasteiger partial charge in [-0.1, -0.05) is 0 Å². The molecule has 0 spiro atoms. The van der Waals surface area contributed by atoms with Gasteiger partial charge in [0.25, 0.3) is 0 Å². The van der Waals surface area contributed by atoms with Gasteiger partial charge in [0.15, 0.2) is 12.4 Å². The Labute approximate surface area is 178 Å². The standard InChI is InChI=1S/C22H33NO7/c1-8-27-18(24)14-28-16-11-9-15(10-12-16)19(25)17(13-29-21(2,3)4)23-20(26)30-22(5,6)7/h9-12,17H,8,13-14H2,1-7H3,(H,23,26)/t17-/m0/s1. The SMILES string of the molecule is CCOC(=O)COc1ccc(C(=O)[C@H](COC(C)(C)C)NC(=O)OC(C)(C)C)cc1. The molecule has 1 aromatic carbocycles. The molecule has 30 heavy (non-hydrogen) atoms. The molecule has 0 aliphatic heterocycles. The minimum atomic E-state index is -0.926. The molecule has 8 nitrogen and oxygen atoms in total. The number of nitrogens with one attached hydrogen (secondary N) is 1. The van der Waals surface area contributed by atoms with Crippen LogP contribution in [0.4, 0.5) is 4.79 Å². The molecule has 0 bridgehead atoms. The number of carbonyl (C=O) groups excluding carboxylic acids is 3. The van der Waals surface area contributed by atoms with Crippen molar-refractivity contribution < 1.29 is 33.3 Å². The Morgan fingerprint density at radius 3 is 2.07 bits per heavy atom. The predicted molar refractivity (Wildman–Crippen MR) is 112 cm³/mol. The van der Waals surface area contributed by atoms with Crippen LogP contribution in [0, 0.1) is 0 Å². The summed E-state index contributed by atoms with van der Waals surface area (Å²) in [4.78, 5) is 36.5. The highest BCUT2D eigenvalue weighted by molar-refractivity contribution is 6.01. The number of hydrogen-bond donors (Lipinski definition) is 1. The maximum atomic E-state index is 13.0. The Morgan fingerprint density at radius 1 is 0.967 bits per heavy atom. The van der Waals surface area contributed by atoms with E-state index in [9.17, 15) is 14.4 Å². The minimum Gasteiger partial charge on any atom is -0.482 e. The van der Waals surface area contributed by atoms with E-state index in [2.05, 4.69) is 5.32 Å². The number of esters is 1. The third-order valence-electron chi connectivity index (χ3n) is 3.49. The molecule has 0 saturated heterocycles. The van der Waals surface area contributed by atoms with Gasteiger partial charge in [-0.3, -0.25) is 4.79 Å². The number of hydrogen-bond acceptors (Lipinski definition) is 7. The van der Waals surface area contributed by atoms with Crippen LogP contribution < -0.4 is 10.1 Å². The number of ether oxygens (including phenoxy) is 4. The van der Waals surface area contributed by atoms with Gasteiger partial charge >= 0.3 is 12.1 Å². The average Bonchev–Trinajstić information content (AvgIpc) is 2.61. The van der Waals surface area contributed by atoms with E-state index in [-0.39, 0.29) is 25.6 Å². The van der Waals surface area contributed by atoms with Crippen molar-refractivity contribution in [1.29, 1.82) is 0 Å². The molecule has 0 fully saturated rings. The Hall–Kier alpha value is -2.61. The zero-order valence-electron chi connectivity index (χ0n) is 18.9. The van der Waals surface area contributed by atoms with Gasteiger partial charge in [0.1, 0.15) is 17.4 Å². The molecular formula is C22H33NO7. The van der Waals surface area contributed by atoms with E-state index >= 15 is 0 Å². The van der Waals surface area contributed by atoms with Crippen molar-refractivity contribution in [1.82, 2.24) is 5.32 Å². The van der Waals surface area contributed by atoms with Gasteiger partial charge in [-0.05, 0) is 72.7 Å². The molecule has 1 aromatic rings. The molecule has 168 valence electrons. The van der Waals surface area contributed by atoms with Crippen LogP contribution in [0.3, 0.4) is 0 Å². The third-order valence-corrected chi connectivity index (χ3v) is 3.49. The first kappa shape index (κ1) is 25.4. The van der Waals surface area contributed by atoms with Crippen molar-refractivity contribution in [3.05, 3.63) is 29.8 Å². The molecular weight excluding hydrogens is 390 g/mol. The Kier molecular flexibility index (Phi) is 9.29. The fraction of sp³-hybridized carbons (Fsp3) is 0.591. The number of alkyl carbamates (subject to hydrolysis) is 1. The Morgan fingerprint density at radius 2 is 1.57 bits per heavy atom. The predicted octanol–water partition coefficient (Wildman–Crippen LogP) is 3.52. The Balaban J connectivity index is 2.86. The molecule has 1 amide bonds. The summed E-state index contributed by atoms with van der Waals surface area (Å²) in [5.41, 5.74) is -0.823. The van der Waals surface area contributed by atoms with Crippen LogP contribution in [0.25, 0.3) is 0 Å². The molecule has 0 aromatic heterocycles. The quantitative estimate of drug-likeness (QED) is 0.479. The molecule has 8 heteroatoms. The van der Waals surface area contributed by atoms with Gasteiger partial charge in [-0.25, -0.2) is 9.59 Å². The highest BCUT2D eigenvalue weighted by atomic mass is 16.6. The normalized spacial score (nSPS) is 12.6. The number of carbonyl (C=O) groups is 3. The van der Waals surface area contributed by atoms with E-state index in [4.69, 9.17) is 18.9 Å². The first-order valence-corrected chi connectivity index (χ1v) is 9.87. The second kappa shape index (κ2) is 11.0. The molecule has 0 heterocycles. The highest BCUT2D eigenvalue weighted by Crippen LogP contribution is 2.16.